The Bertz CT molecular complexity index is 539. The predicted molar refractivity (Wildman–Crippen MR) is 54.6 cm³/mol. The highest BCUT2D eigenvalue weighted by molar-refractivity contribution is 5.80. The van der Waals surface area contributed by atoms with Gasteiger partial charge in [-0.05, 0) is 0 Å². The number of benzene rings is 1. The Balaban J connectivity index is 2.65. The van der Waals surface area contributed by atoms with Gasteiger partial charge < -0.3 is 0 Å². The first kappa shape index (κ1) is 9.39. The average molecular weight is 203 g/mol. The highest BCUT2D eigenvalue weighted by Gasteiger charge is 2.12. The van der Waals surface area contributed by atoms with E-state index in [2.05, 4.69) is 10.2 Å². The predicted octanol–water partition coefficient (Wildman–Crippen LogP) is 0.898. The number of aromatic nitrogens is 3. The fraction of sp³-hybridized carbons (Fsp3) is 0.100. The third-order valence-electron chi connectivity index (χ3n) is 2.02. The van der Waals surface area contributed by atoms with E-state index in [9.17, 15) is 9.59 Å². The average Bonchev–Trinajstić information content (AvgIpc) is 2.61. The van der Waals surface area contributed by atoms with Crippen LogP contribution in [0.15, 0.2) is 35.1 Å². The number of hydrogen-bond donors (Lipinski definition) is 1. The number of aromatic amines is 1. The van der Waals surface area contributed by atoms with Gasteiger partial charge in [-0.15, -0.1) is 0 Å². The molecule has 0 atom stereocenters. The SMILES string of the molecule is CC(=O)n1c(-c2ccccc2)n[nH]c1=O. The van der Waals surface area contributed by atoms with Crippen molar-refractivity contribution in [2.24, 2.45) is 0 Å². The van der Waals surface area contributed by atoms with E-state index >= 15 is 0 Å². The van der Waals surface area contributed by atoms with Crippen LogP contribution in [0.3, 0.4) is 0 Å². The van der Waals surface area contributed by atoms with Gasteiger partial charge in [-0.1, -0.05) is 30.3 Å². The molecule has 0 saturated carbocycles. The molecule has 1 aromatic carbocycles. The molecule has 1 aromatic heterocycles. The normalized spacial score (nSPS) is 10.2. The van der Waals surface area contributed by atoms with E-state index < -0.39 is 5.69 Å². The highest BCUT2D eigenvalue weighted by atomic mass is 16.2. The minimum Gasteiger partial charge on any atom is -0.274 e. The molecule has 0 radical (unpaired) electrons. The second-order valence-corrected chi connectivity index (χ2v) is 3.07. The molecule has 0 bridgehead atoms. The van der Waals surface area contributed by atoms with Crippen LogP contribution < -0.4 is 5.69 Å². The minimum atomic E-state index is -0.513. The molecule has 0 amide bonds. The fourth-order valence-electron chi connectivity index (χ4n) is 1.37. The molecule has 0 unspecified atom stereocenters. The van der Waals surface area contributed by atoms with Gasteiger partial charge >= 0.3 is 5.69 Å². The molecule has 1 heterocycles. The Morgan fingerprint density at radius 2 is 2.00 bits per heavy atom. The van der Waals surface area contributed by atoms with E-state index in [1.807, 2.05) is 18.2 Å². The van der Waals surface area contributed by atoms with Crippen molar-refractivity contribution >= 4 is 5.91 Å². The van der Waals surface area contributed by atoms with Crippen LogP contribution in [0.5, 0.6) is 0 Å². The molecule has 0 aliphatic heterocycles. The quantitative estimate of drug-likeness (QED) is 0.748. The topological polar surface area (TPSA) is 67.8 Å². The Hall–Kier alpha value is -2.17. The lowest BCUT2D eigenvalue weighted by atomic mass is 10.2. The van der Waals surface area contributed by atoms with Crippen molar-refractivity contribution in [1.29, 1.82) is 0 Å². The molecule has 5 heteroatoms. The van der Waals surface area contributed by atoms with Crippen molar-refractivity contribution < 1.29 is 4.79 Å². The molecular weight excluding hydrogens is 194 g/mol. The van der Waals surface area contributed by atoms with Crippen molar-refractivity contribution in [1.82, 2.24) is 14.8 Å². The third-order valence-corrected chi connectivity index (χ3v) is 2.02. The summed E-state index contributed by atoms with van der Waals surface area (Å²) in [5, 5.41) is 6.07. The number of hydrogen-bond acceptors (Lipinski definition) is 3. The molecule has 2 aromatic rings. The molecule has 5 nitrogen and oxygen atoms in total. The van der Waals surface area contributed by atoms with Gasteiger partial charge in [0.1, 0.15) is 0 Å². The first-order chi connectivity index (χ1) is 7.20. The van der Waals surface area contributed by atoms with E-state index in [-0.39, 0.29) is 5.91 Å². The summed E-state index contributed by atoms with van der Waals surface area (Å²) in [6.45, 7) is 1.32. The zero-order valence-corrected chi connectivity index (χ0v) is 8.10. The van der Waals surface area contributed by atoms with Gasteiger partial charge in [-0.3, -0.25) is 4.79 Å². The number of carbonyl (C=O) groups excluding carboxylic acids is 1. The number of rotatable bonds is 1. The van der Waals surface area contributed by atoms with Crippen LogP contribution in [0.25, 0.3) is 11.4 Å². The summed E-state index contributed by atoms with van der Waals surface area (Å²) < 4.78 is 1.01. The molecule has 0 aliphatic carbocycles. The molecular formula is C10H9N3O2. The third kappa shape index (κ3) is 1.59. The van der Waals surface area contributed by atoms with Crippen molar-refractivity contribution in [3.8, 4) is 11.4 Å². The maximum Gasteiger partial charge on any atom is 0.350 e. The smallest absolute Gasteiger partial charge is 0.274 e. The summed E-state index contributed by atoms with van der Waals surface area (Å²) >= 11 is 0. The van der Waals surface area contributed by atoms with E-state index in [1.165, 1.54) is 6.92 Å². The maximum absolute atomic E-state index is 11.3. The summed E-state index contributed by atoms with van der Waals surface area (Å²) in [5.41, 5.74) is 0.215. The first-order valence-electron chi connectivity index (χ1n) is 4.44. The number of nitrogens with zero attached hydrogens (tertiary/aromatic N) is 2. The van der Waals surface area contributed by atoms with Crippen molar-refractivity contribution in [2.75, 3.05) is 0 Å². The molecule has 0 spiro atoms. The zero-order chi connectivity index (χ0) is 10.8. The molecule has 0 saturated heterocycles. The van der Waals surface area contributed by atoms with Crippen molar-refractivity contribution in [2.45, 2.75) is 6.92 Å². The lowest BCUT2D eigenvalue weighted by molar-refractivity contribution is 0.0934. The second kappa shape index (κ2) is 3.53. The van der Waals surface area contributed by atoms with E-state index in [4.69, 9.17) is 0 Å². The summed E-state index contributed by atoms with van der Waals surface area (Å²) in [6.07, 6.45) is 0. The van der Waals surface area contributed by atoms with Gasteiger partial charge in [0, 0.05) is 12.5 Å². The van der Waals surface area contributed by atoms with Gasteiger partial charge in [0.2, 0.25) is 5.91 Å². The summed E-state index contributed by atoms with van der Waals surface area (Å²) in [5.74, 6) is -0.0132. The molecule has 1 N–H and O–H groups in total. The molecule has 0 fully saturated rings. The number of carbonyl (C=O) groups is 1. The van der Waals surface area contributed by atoms with Gasteiger partial charge in [0.25, 0.3) is 0 Å². The second-order valence-electron chi connectivity index (χ2n) is 3.07. The van der Waals surface area contributed by atoms with Crippen LogP contribution >= 0.6 is 0 Å². The standard InChI is InChI=1S/C10H9N3O2/c1-7(14)13-9(11-12-10(13)15)8-5-3-2-4-6-8/h2-6H,1H3,(H,12,15). The zero-order valence-electron chi connectivity index (χ0n) is 8.10. The Morgan fingerprint density at radius 3 is 2.60 bits per heavy atom. The van der Waals surface area contributed by atoms with Crippen LogP contribution in [0.1, 0.15) is 11.7 Å². The lowest BCUT2D eigenvalue weighted by Gasteiger charge is -1.99. The summed E-state index contributed by atoms with van der Waals surface area (Å²) in [6, 6.07) is 9.06. The fourth-order valence-corrected chi connectivity index (χ4v) is 1.37. The van der Waals surface area contributed by atoms with E-state index in [0.29, 0.717) is 5.82 Å². The first-order valence-corrected chi connectivity index (χ1v) is 4.44. The Morgan fingerprint density at radius 1 is 1.33 bits per heavy atom. The van der Waals surface area contributed by atoms with Gasteiger partial charge in [0.15, 0.2) is 5.82 Å². The molecule has 15 heavy (non-hydrogen) atoms. The Labute approximate surface area is 85.4 Å². The lowest BCUT2D eigenvalue weighted by Crippen LogP contribution is -2.22. The molecule has 0 aliphatic rings. The monoisotopic (exact) mass is 203 g/mol. The molecule has 76 valence electrons. The van der Waals surface area contributed by atoms with Gasteiger partial charge in [-0.2, -0.15) is 5.10 Å². The number of H-pyrrole nitrogens is 1. The van der Waals surface area contributed by atoms with Crippen LogP contribution in [0, 0.1) is 0 Å². The molecule has 2 rings (SSSR count). The van der Waals surface area contributed by atoms with E-state index in [1.54, 1.807) is 12.1 Å². The van der Waals surface area contributed by atoms with E-state index in [0.717, 1.165) is 10.1 Å². The van der Waals surface area contributed by atoms with Crippen molar-refractivity contribution in [3.05, 3.63) is 40.8 Å². The minimum absolute atomic E-state index is 0.341. The maximum atomic E-state index is 11.3. The summed E-state index contributed by atoms with van der Waals surface area (Å²) in [7, 11) is 0. The highest BCUT2D eigenvalue weighted by Crippen LogP contribution is 2.13. The van der Waals surface area contributed by atoms with Crippen LogP contribution in [0.4, 0.5) is 0 Å². The van der Waals surface area contributed by atoms with Crippen LogP contribution in [-0.2, 0) is 0 Å². The van der Waals surface area contributed by atoms with Crippen LogP contribution in [0.2, 0.25) is 0 Å². The van der Waals surface area contributed by atoms with Gasteiger partial charge in [0.05, 0.1) is 0 Å². The number of nitrogens with one attached hydrogen (secondary N) is 1. The van der Waals surface area contributed by atoms with Gasteiger partial charge in [-0.25, -0.2) is 14.5 Å². The summed E-state index contributed by atoms with van der Waals surface area (Å²) in [4.78, 5) is 22.5. The van der Waals surface area contributed by atoms with Crippen LogP contribution in [-0.4, -0.2) is 20.7 Å². The largest absolute Gasteiger partial charge is 0.350 e. The Kier molecular flexibility index (Phi) is 2.21. The van der Waals surface area contributed by atoms with Crippen molar-refractivity contribution in [3.63, 3.8) is 0 Å².